The van der Waals surface area contributed by atoms with Gasteiger partial charge in [-0.15, -0.1) is 11.8 Å². The zero-order valence-corrected chi connectivity index (χ0v) is 16.9. The first kappa shape index (κ1) is 20.6. The van der Waals surface area contributed by atoms with Gasteiger partial charge in [-0.2, -0.15) is 0 Å². The number of benzene rings is 1. The van der Waals surface area contributed by atoms with Crippen molar-refractivity contribution in [3.05, 3.63) is 34.7 Å². The lowest BCUT2D eigenvalue weighted by molar-refractivity contribution is -0.136. The molecular weight excluding hydrogens is 346 g/mol. The molecule has 26 heavy (non-hydrogen) atoms. The third-order valence-corrected chi connectivity index (χ3v) is 5.48. The van der Waals surface area contributed by atoms with Gasteiger partial charge < -0.3 is 4.74 Å². The maximum Gasteiger partial charge on any atom is 0.267 e. The maximum atomic E-state index is 13.0. The minimum Gasteiger partial charge on any atom is -0.496 e. The van der Waals surface area contributed by atoms with Crippen molar-refractivity contribution in [2.45, 2.75) is 52.4 Å². The number of methoxy groups -OCH3 is 1. The summed E-state index contributed by atoms with van der Waals surface area (Å²) in [7, 11) is 1.58. The summed E-state index contributed by atoms with van der Waals surface area (Å²) in [5.74, 6) is 1.03. The monoisotopic (exact) mass is 375 g/mol. The van der Waals surface area contributed by atoms with Crippen LogP contribution in [-0.2, 0) is 9.59 Å². The molecule has 1 heterocycles. The first-order valence-electron chi connectivity index (χ1n) is 9.52. The van der Waals surface area contributed by atoms with E-state index in [2.05, 4.69) is 6.92 Å². The lowest BCUT2D eigenvalue weighted by atomic mass is 10.0. The number of amides is 2. The van der Waals surface area contributed by atoms with Gasteiger partial charge in [0.1, 0.15) is 5.75 Å². The van der Waals surface area contributed by atoms with E-state index in [-0.39, 0.29) is 11.8 Å². The summed E-state index contributed by atoms with van der Waals surface area (Å²) in [6, 6.07) is 7.41. The molecule has 4 nitrogen and oxygen atoms in total. The van der Waals surface area contributed by atoms with Crippen LogP contribution in [-0.4, -0.2) is 36.1 Å². The van der Waals surface area contributed by atoms with Crippen LogP contribution in [0.4, 0.5) is 0 Å². The average molecular weight is 376 g/mol. The minimum atomic E-state index is -0.191. The van der Waals surface area contributed by atoms with E-state index in [0.29, 0.717) is 28.3 Å². The van der Waals surface area contributed by atoms with Crippen LogP contribution in [0.5, 0.6) is 5.75 Å². The topological polar surface area (TPSA) is 46.6 Å². The second kappa shape index (κ2) is 10.4. The number of rotatable bonds is 11. The SMILES string of the molecule is CCCCCCCCN1C(=O)C(SCC)=C(c2ccccc2OC)C1=O. The standard InChI is InChI=1S/C21H29NO3S/c1-4-6-7-8-9-12-15-22-20(23)18(19(21(22)24)26-5-2)16-13-10-11-14-17(16)25-3/h10-11,13-14H,4-9,12,15H2,1-3H3. The number of imide groups is 1. The summed E-state index contributed by atoms with van der Waals surface area (Å²) < 4.78 is 5.41. The van der Waals surface area contributed by atoms with Crippen LogP contribution in [0, 0.1) is 0 Å². The Morgan fingerprint density at radius 1 is 0.962 bits per heavy atom. The average Bonchev–Trinajstić information content (AvgIpc) is 2.88. The molecule has 0 saturated carbocycles. The number of para-hydroxylation sites is 1. The highest BCUT2D eigenvalue weighted by Crippen LogP contribution is 2.39. The van der Waals surface area contributed by atoms with E-state index in [1.54, 1.807) is 7.11 Å². The molecule has 0 saturated heterocycles. The normalized spacial score (nSPS) is 14.5. The second-order valence-electron chi connectivity index (χ2n) is 6.37. The Morgan fingerprint density at radius 3 is 2.35 bits per heavy atom. The van der Waals surface area contributed by atoms with Crippen molar-refractivity contribution in [1.82, 2.24) is 4.90 Å². The van der Waals surface area contributed by atoms with Crippen molar-refractivity contribution in [3.63, 3.8) is 0 Å². The number of thioether (sulfide) groups is 1. The van der Waals surface area contributed by atoms with E-state index in [4.69, 9.17) is 4.74 Å². The highest BCUT2D eigenvalue weighted by atomic mass is 32.2. The molecular formula is C21H29NO3S. The molecule has 0 spiro atoms. The van der Waals surface area contributed by atoms with E-state index in [1.165, 1.54) is 35.9 Å². The molecule has 1 aromatic carbocycles. The third-order valence-electron chi connectivity index (χ3n) is 4.53. The van der Waals surface area contributed by atoms with Crippen molar-refractivity contribution in [1.29, 1.82) is 0 Å². The molecule has 0 radical (unpaired) electrons. The highest BCUT2D eigenvalue weighted by molar-refractivity contribution is 8.04. The van der Waals surface area contributed by atoms with Crippen molar-refractivity contribution < 1.29 is 14.3 Å². The third kappa shape index (κ3) is 4.70. The number of carbonyl (C=O) groups is 2. The summed E-state index contributed by atoms with van der Waals surface area (Å²) in [6.07, 6.45) is 6.76. The van der Waals surface area contributed by atoms with Crippen molar-refractivity contribution >= 4 is 29.1 Å². The molecule has 0 aliphatic carbocycles. The lowest BCUT2D eigenvalue weighted by Gasteiger charge is -2.15. The molecule has 2 rings (SSSR count). The van der Waals surface area contributed by atoms with Crippen LogP contribution < -0.4 is 4.74 Å². The van der Waals surface area contributed by atoms with Crippen LogP contribution in [0.25, 0.3) is 5.57 Å². The van der Waals surface area contributed by atoms with Gasteiger partial charge in [-0.3, -0.25) is 14.5 Å². The maximum absolute atomic E-state index is 13.0. The summed E-state index contributed by atoms with van der Waals surface area (Å²) in [5, 5.41) is 0. The number of unbranched alkanes of at least 4 members (excludes halogenated alkanes) is 5. The molecule has 1 aliphatic rings. The smallest absolute Gasteiger partial charge is 0.267 e. The number of hydrogen-bond acceptors (Lipinski definition) is 4. The molecule has 0 bridgehead atoms. The van der Waals surface area contributed by atoms with Gasteiger partial charge in [0.25, 0.3) is 11.8 Å². The van der Waals surface area contributed by atoms with Crippen LogP contribution in [0.2, 0.25) is 0 Å². The molecule has 1 aromatic rings. The van der Waals surface area contributed by atoms with Gasteiger partial charge in [0.15, 0.2) is 0 Å². The van der Waals surface area contributed by atoms with Crippen LogP contribution in [0.3, 0.4) is 0 Å². The van der Waals surface area contributed by atoms with E-state index in [1.807, 2.05) is 31.2 Å². The fourth-order valence-electron chi connectivity index (χ4n) is 3.17. The Labute approximate surface area is 161 Å². The minimum absolute atomic E-state index is 0.156. The van der Waals surface area contributed by atoms with Gasteiger partial charge >= 0.3 is 0 Å². The van der Waals surface area contributed by atoms with E-state index < -0.39 is 0 Å². The van der Waals surface area contributed by atoms with Crippen molar-refractivity contribution in [2.75, 3.05) is 19.4 Å². The zero-order valence-electron chi connectivity index (χ0n) is 16.0. The summed E-state index contributed by atoms with van der Waals surface area (Å²) in [6.45, 7) is 4.68. The molecule has 142 valence electrons. The summed E-state index contributed by atoms with van der Waals surface area (Å²) >= 11 is 1.44. The highest BCUT2D eigenvalue weighted by Gasteiger charge is 2.39. The Hall–Kier alpha value is -1.75. The van der Waals surface area contributed by atoms with Gasteiger partial charge in [-0.25, -0.2) is 0 Å². The first-order chi connectivity index (χ1) is 12.7. The number of carbonyl (C=O) groups excluding carboxylic acids is 2. The molecule has 2 amide bonds. The van der Waals surface area contributed by atoms with Gasteiger partial charge in [-0.05, 0) is 18.2 Å². The van der Waals surface area contributed by atoms with Crippen LogP contribution in [0.1, 0.15) is 57.9 Å². The molecule has 0 fully saturated rings. The second-order valence-corrected chi connectivity index (χ2v) is 7.64. The van der Waals surface area contributed by atoms with Gasteiger partial charge in [0.05, 0.1) is 17.6 Å². The number of nitrogens with zero attached hydrogens (tertiary/aromatic N) is 1. The van der Waals surface area contributed by atoms with Crippen molar-refractivity contribution in [2.24, 2.45) is 0 Å². The summed E-state index contributed by atoms with van der Waals surface area (Å²) in [4.78, 5) is 27.8. The Balaban J connectivity index is 2.15. The van der Waals surface area contributed by atoms with Gasteiger partial charge in [0, 0.05) is 12.1 Å². The van der Waals surface area contributed by atoms with Crippen LogP contribution >= 0.6 is 11.8 Å². The zero-order chi connectivity index (χ0) is 18.9. The largest absolute Gasteiger partial charge is 0.496 e. The lowest BCUT2D eigenvalue weighted by Crippen LogP contribution is -2.32. The predicted molar refractivity (Wildman–Crippen MR) is 108 cm³/mol. The Bertz CT molecular complexity index is 669. The van der Waals surface area contributed by atoms with E-state index >= 15 is 0 Å². The molecule has 0 N–H and O–H groups in total. The molecule has 1 aliphatic heterocycles. The Kier molecular flexibility index (Phi) is 8.23. The molecule has 5 heteroatoms. The fourth-order valence-corrected chi connectivity index (χ4v) is 4.04. The summed E-state index contributed by atoms with van der Waals surface area (Å²) in [5.41, 5.74) is 1.19. The Morgan fingerprint density at radius 2 is 1.65 bits per heavy atom. The van der Waals surface area contributed by atoms with Crippen molar-refractivity contribution in [3.8, 4) is 5.75 Å². The quantitative estimate of drug-likeness (QED) is 0.408. The van der Waals surface area contributed by atoms with Gasteiger partial charge in [0.2, 0.25) is 0 Å². The fraction of sp³-hybridized carbons (Fsp3) is 0.524. The van der Waals surface area contributed by atoms with Gasteiger partial charge in [-0.1, -0.05) is 64.2 Å². The van der Waals surface area contributed by atoms with E-state index in [0.717, 1.165) is 25.0 Å². The molecule has 0 atom stereocenters. The number of ether oxygens (including phenoxy) is 1. The molecule has 0 unspecified atom stereocenters. The molecule has 0 aromatic heterocycles. The number of hydrogen-bond donors (Lipinski definition) is 0. The van der Waals surface area contributed by atoms with Crippen LogP contribution in [0.15, 0.2) is 29.2 Å². The van der Waals surface area contributed by atoms with E-state index in [9.17, 15) is 9.59 Å². The predicted octanol–water partition coefficient (Wildman–Crippen LogP) is 4.89. The first-order valence-corrected chi connectivity index (χ1v) is 10.5.